The molecule has 0 atom stereocenters. The molecule has 20 heavy (non-hydrogen) atoms. The molecule has 1 N–H and O–H groups in total. The zero-order chi connectivity index (χ0) is 14.3. The number of oxazole rings is 1. The fraction of sp³-hybridized carbons (Fsp3) is 0.588. The van der Waals surface area contributed by atoms with Crippen LogP contribution >= 0.6 is 0 Å². The Labute approximate surface area is 120 Å². The molecule has 1 aromatic heterocycles. The van der Waals surface area contributed by atoms with E-state index >= 15 is 0 Å². The number of hydrogen-bond donors (Lipinski definition) is 1. The molecule has 1 saturated carbocycles. The Bertz CT molecular complexity index is 594. The Kier molecular flexibility index (Phi) is 3.45. The Morgan fingerprint density at radius 3 is 2.60 bits per heavy atom. The van der Waals surface area contributed by atoms with E-state index in [1.165, 1.54) is 12.8 Å². The number of hydrogen-bond acceptors (Lipinski definition) is 3. The number of fused-ring (bicyclic) bond motifs is 1. The van der Waals surface area contributed by atoms with E-state index in [1.807, 2.05) is 6.07 Å². The molecule has 2 aromatic rings. The van der Waals surface area contributed by atoms with E-state index < -0.39 is 0 Å². The van der Waals surface area contributed by atoms with Gasteiger partial charge in [-0.05, 0) is 42.9 Å². The first-order valence-electron chi connectivity index (χ1n) is 7.70. The largest absolute Gasteiger partial charge is 0.440 e. The van der Waals surface area contributed by atoms with Gasteiger partial charge in [0, 0.05) is 17.6 Å². The summed E-state index contributed by atoms with van der Waals surface area (Å²) in [5, 5.41) is 3.61. The van der Waals surface area contributed by atoms with Crippen molar-refractivity contribution in [3.8, 4) is 0 Å². The topological polar surface area (TPSA) is 38.1 Å². The maximum atomic E-state index is 5.74. The monoisotopic (exact) mass is 272 g/mol. The minimum Gasteiger partial charge on any atom is -0.440 e. The second kappa shape index (κ2) is 5.12. The summed E-state index contributed by atoms with van der Waals surface area (Å²) in [7, 11) is 0. The molecule has 3 nitrogen and oxygen atoms in total. The van der Waals surface area contributed by atoms with Gasteiger partial charge in [0.15, 0.2) is 11.5 Å². The average Bonchev–Trinajstić information content (AvgIpc) is 2.75. The Morgan fingerprint density at radius 1 is 1.20 bits per heavy atom. The van der Waals surface area contributed by atoms with E-state index in [-0.39, 0.29) is 0 Å². The van der Waals surface area contributed by atoms with Gasteiger partial charge < -0.3 is 9.73 Å². The second-order valence-corrected chi connectivity index (χ2v) is 6.71. The highest BCUT2D eigenvalue weighted by atomic mass is 16.3. The third-order valence-electron chi connectivity index (χ3n) is 4.39. The zero-order valence-electron chi connectivity index (χ0n) is 12.8. The van der Waals surface area contributed by atoms with Crippen LogP contribution in [0.15, 0.2) is 22.6 Å². The highest BCUT2D eigenvalue weighted by molar-refractivity contribution is 5.77. The van der Waals surface area contributed by atoms with Crippen LogP contribution in [0.4, 0.5) is 5.69 Å². The molecule has 108 valence electrons. The van der Waals surface area contributed by atoms with Gasteiger partial charge in [0.05, 0.1) is 0 Å². The highest BCUT2D eigenvalue weighted by Crippen LogP contribution is 2.36. The van der Waals surface area contributed by atoms with E-state index in [0.29, 0.717) is 12.0 Å². The quantitative estimate of drug-likeness (QED) is 0.869. The van der Waals surface area contributed by atoms with Gasteiger partial charge in [-0.1, -0.05) is 27.7 Å². The van der Waals surface area contributed by atoms with Crippen LogP contribution in [0.2, 0.25) is 0 Å². The van der Waals surface area contributed by atoms with Gasteiger partial charge >= 0.3 is 0 Å². The number of benzene rings is 1. The number of aromatic nitrogens is 1. The molecule has 0 radical (unpaired) electrons. The van der Waals surface area contributed by atoms with Gasteiger partial charge in [-0.15, -0.1) is 0 Å². The van der Waals surface area contributed by atoms with E-state index in [2.05, 4.69) is 50.1 Å². The number of nitrogens with one attached hydrogen (secondary N) is 1. The molecule has 0 spiro atoms. The number of anilines is 1. The molecule has 3 heteroatoms. The highest BCUT2D eigenvalue weighted by Gasteiger charge is 2.30. The van der Waals surface area contributed by atoms with Crippen molar-refractivity contribution in [2.75, 3.05) is 5.32 Å². The van der Waals surface area contributed by atoms with E-state index in [4.69, 9.17) is 4.42 Å². The third kappa shape index (κ3) is 2.54. The summed E-state index contributed by atoms with van der Waals surface area (Å²) in [6.45, 7) is 8.83. The molecule has 0 saturated heterocycles. The smallest absolute Gasteiger partial charge is 0.198 e. The Balaban J connectivity index is 1.70. The van der Waals surface area contributed by atoms with Crippen molar-refractivity contribution in [1.82, 2.24) is 4.98 Å². The van der Waals surface area contributed by atoms with E-state index in [9.17, 15) is 0 Å². The first kappa shape index (κ1) is 13.5. The fourth-order valence-electron chi connectivity index (χ4n) is 2.84. The third-order valence-corrected chi connectivity index (χ3v) is 4.39. The summed E-state index contributed by atoms with van der Waals surface area (Å²) >= 11 is 0. The van der Waals surface area contributed by atoms with Crippen molar-refractivity contribution in [1.29, 1.82) is 0 Å². The molecule has 3 rings (SSSR count). The van der Waals surface area contributed by atoms with Gasteiger partial charge in [-0.25, -0.2) is 4.98 Å². The van der Waals surface area contributed by atoms with E-state index in [0.717, 1.165) is 34.5 Å². The van der Waals surface area contributed by atoms with Crippen molar-refractivity contribution in [2.24, 2.45) is 11.8 Å². The van der Waals surface area contributed by atoms with Crippen LogP contribution in [0, 0.1) is 11.8 Å². The van der Waals surface area contributed by atoms with Gasteiger partial charge in [-0.3, -0.25) is 0 Å². The summed E-state index contributed by atoms with van der Waals surface area (Å²) in [5.41, 5.74) is 3.00. The molecule has 0 unspecified atom stereocenters. The Morgan fingerprint density at radius 2 is 1.95 bits per heavy atom. The van der Waals surface area contributed by atoms with Gasteiger partial charge in [-0.2, -0.15) is 0 Å². The van der Waals surface area contributed by atoms with Crippen molar-refractivity contribution in [2.45, 2.75) is 52.5 Å². The summed E-state index contributed by atoms with van der Waals surface area (Å²) < 4.78 is 5.74. The van der Waals surface area contributed by atoms with Crippen molar-refractivity contribution in [3.63, 3.8) is 0 Å². The molecular weight excluding hydrogens is 248 g/mol. The van der Waals surface area contributed by atoms with Crippen molar-refractivity contribution >= 4 is 16.8 Å². The molecular formula is C17H24N2O. The summed E-state index contributed by atoms with van der Waals surface area (Å²) in [6, 6.07) is 6.85. The molecule has 0 aliphatic heterocycles. The van der Waals surface area contributed by atoms with Crippen LogP contribution in [-0.4, -0.2) is 11.0 Å². The van der Waals surface area contributed by atoms with Crippen molar-refractivity contribution in [3.05, 3.63) is 24.1 Å². The average molecular weight is 272 g/mol. The Hall–Kier alpha value is -1.51. The molecule has 1 fully saturated rings. The van der Waals surface area contributed by atoms with Crippen LogP contribution < -0.4 is 5.32 Å². The second-order valence-electron chi connectivity index (χ2n) is 6.71. The molecule has 1 aliphatic carbocycles. The predicted molar refractivity (Wildman–Crippen MR) is 83.1 cm³/mol. The van der Waals surface area contributed by atoms with Gasteiger partial charge in [0.1, 0.15) is 5.52 Å². The molecule has 0 bridgehead atoms. The van der Waals surface area contributed by atoms with Gasteiger partial charge in [0.25, 0.3) is 0 Å². The fourth-order valence-corrected chi connectivity index (χ4v) is 2.84. The summed E-state index contributed by atoms with van der Waals surface area (Å²) in [5.74, 6) is 2.84. The SMILES string of the molecule is CC(C)c1nc2cc(NC3CC(C(C)C)C3)ccc2o1. The lowest BCUT2D eigenvalue weighted by atomic mass is 9.73. The van der Waals surface area contributed by atoms with Gasteiger partial charge in [0.2, 0.25) is 0 Å². The molecule has 0 amide bonds. The summed E-state index contributed by atoms with van der Waals surface area (Å²) in [6.07, 6.45) is 2.57. The standard InChI is InChI=1S/C17H24N2O/c1-10(2)12-7-14(8-12)18-13-5-6-16-15(9-13)19-17(20-16)11(3)4/h5-6,9-12,14,18H,7-8H2,1-4H3. The van der Waals surface area contributed by atoms with E-state index in [1.54, 1.807) is 0 Å². The maximum Gasteiger partial charge on any atom is 0.198 e. The lowest BCUT2D eigenvalue weighted by Gasteiger charge is -2.39. The summed E-state index contributed by atoms with van der Waals surface area (Å²) in [4.78, 5) is 4.56. The predicted octanol–water partition coefficient (Wildman–Crippen LogP) is 4.80. The molecule has 1 heterocycles. The first-order valence-corrected chi connectivity index (χ1v) is 7.70. The minimum atomic E-state index is 0.331. The normalized spacial score (nSPS) is 22.5. The zero-order valence-corrected chi connectivity index (χ0v) is 12.8. The van der Waals surface area contributed by atoms with Crippen molar-refractivity contribution < 1.29 is 4.42 Å². The number of nitrogens with zero attached hydrogens (tertiary/aromatic N) is 1. The lowest BCUT2D eigenvalue weighted by Crippen LogP contribution is -2.37. The lowest BCUT2D eigenvalue weighted by molar-refractivity contribution is 0.212. The maximum absolute atomic E-state index is 5.74. The first-order chi connectivity index (χ1) is 9.52. The van der Waals surface area contributed by atoms with Crippen LogP contribution in [0.5, 0.6) is 0 Å². The van der Waals surface area contributed by atoms with Crippen LogP contribution in [0.1, 0.15) is 52.3 Å². The molecule has 1 aliphatic rings. The number of rotatable bonds is 4. The molecule has 1 aromatic carbocycles. The van der Waals surface area contributed by atoms with Crippen LogP contribution in [-0.2, 0) is 0 Å². The van der Waals surface area contributed by atoms with Crippen LogP contribution in [0.25, 0.3) is 11.1 Å². The van der Waals surface area contributed by atoms with Crippen LogP contribution in [0.3, 0.4) is 0 Å². The minimum absolute atomic E-state index is 0.331.